The second-order valence-electron chi connectivity index (χ2n) is 8.25. The first-order valence-corrected chi connectivity index (χ1v) is 11.7. The van der Waals surface area contributed by atoms with E-state index >= 15 is 0 Å². The summed E-state index contributed by atoms with van der Waals surface area (Å²) in [4.78, 5) is 27.6. The Morgan fingerprint density at radius 2 is 1.65 bits per heavy atom. The van der Waals surface area contributed by atoms with Crippen molar-refractivity contribution in [1.82, 2.24) is 9.13 Å². The summed E-state index contributed by atoms with van der Waals surface area (Å²) >= 11 is 1.41. The molecule has 172 valence electrons. The molecular formula is C27H24N2O4S. The molecule has 3 aromatic carbocycles. The molecule has 0 amide bonds. The van der Waals surface area contributed by atoms with E-state index < -0.39 is 5.69 Å². The maximum Gasteiger partial charge on any atom is 0.336 e. The predicted molar refractivity (Wildman–Crippen MR) is 137 cm³/mol. The molecule has 0 aliphatic heterocycles. The van der Waals surface area contributed by atoms with Crippen molar-refractivity contribution in [1.29, 1.82) is 0 Å². The van der Waals surface area contributed by atoms with Gasteiger partial charge in [0, 0.05) is 16.2 Å². The maximum absolute atomic E-state index is 14.0. The lowest BCUT2D eigenvalue weighted by atomic mass is 10.1. The molecule has 2 heterocycles. The zero-order valence-corrected chi connectivity index (χ0v) is 20.2. The number of nitrogens with zero attached hydrogens (tertiary/aromatic N) is 2. The van der Waals surface area contributed by atoms with Crippen LogP contribution in [0.25, 0.3) is 26.0 Å². The van der Waals surface area contributed by atoms with Gasteiger partial charge in [-0.05, 0) is 43.2 Å². The molecule has 0 fully saturated rings. The van der Waals surface area contributed by atoms with Gasteiger partial charge in [-0.2, -0.15) is 0 Å². The largest absolute Gasteiger partial charge is 0.493 e. The molecule has 0 spiro atoms. The second kappa shape index (κ2) is 8.50. The van der Waals surface area contributed by atoms with E-state index in [9.17, 15) is 9.59 Å². The zero-order valence-electron chi connectivity index (χ0n) is 19.4. The highest BCUT2D eigenvalue weighted by molar-refractivity contribution is 7.25. The van der Waals surface area contributed by atoms with Crippen LogP contribution in [0.15, 0.2) is 70.3 Å². The van der Waals surface area contributed by atoms with E-state index in [1.165, 1.54) is 23.0 Å². The van der Waals surface area contributed by atoms with Crippen LogP contribution in [0.2, 0.25) is 0 Å². The minimum Gasteiger partial charge on any atom is -0.493 e. The molecule has 0 saturated heterocycles. The van der Waals surface area contributed by atoms with Crippen LogP contribution in [0.3, 0.4) is 0 Å². The third-order valence-corrected chi connectivity index (χ3v) is 7.27. The summed E-state index contributed by atoms with van der Waals surface area (Å²) in [7, 11) is 3.07. The molecule has 2 aromatic heterocycles. The Labute approximate surface area is 200 Å². The number of aryl methyl sites for hydroxylation is 2. The fraction of sp³-hybridized carbons (Fsp3) is 0.185. The Kier molecular flexibility index (Phi) is 5.49. The molecule has 0 N–H and O–H groups in total. The first kappa shape index (κ1) is 22.0. The number of aromatic nitrogens is 2. The molecule has 0 aliphatic carbocycles. The lowest BCUT2D eigenvalue weighted by Crippen LogP contribution is -2.38. The highest BCUT2D eigenvalue weighted by Crippen LogP contribution is 2.32. The zero-order chi connectivity index (χ0) is 24.0. The number of thiophene rings is 1. The number of hydrogen-bond donors (Lipinski definition) is 0. The van der Waals surface area contributed by atoms with Gasteiger partial charge in [0.15, 0.2) is 11.5 Å². The van der Waals surface area contributed by atoms with E-state index in [0.29, 0.717) is 33.9 Å². The molecule has 5 rings (SSSR count). The van der Waals surface area contributed by atoms with Gasteiger partial charge >= 0.3 is 5.69 Å². The number of benzene rings is 3. The van der Waals surface area contributed by atoms with Gasteiger partial charge in [0.25, 0.3) is 5.56 Å². The van der Waals surface area contributed by atoms with E-state index in [1.807, 2.05) is 38.1 Å². The van der Waals surface area contributed by atoms with Crippen LogP contribution in [0, 0.1) is 13.8 Å². The Morgan fingerprint density at radius 1 is 0.882 bits per heavy atom. The van der Waals surface area contributed by atoms with Crippen LogP contribution in [0.5, 0.6) is 11.5 Å². The van der Waals surface area contributed by atoms with Crippen molar-refractivity contribution in [2.75, 3.05) is 14.2 Å². The molecule has 7 heteroatoms. The van der Waals surface area contributed by atoms with Gasteiger partial charge < -0.3 is 9.47 Å². The van der Waals surface area contributed by atoms with E-state index in [4.69, 9.17) is 9.47 Å². The lowest BCUT2D eigenvalue weighted by molar-refractivity contribution is 0.355. The topological polar surface area (TPSA) is 62.5 Å². The van der Waals surface area contributed by atoms with Crippen molar-refractivity contribution in [3.63, 3.8) is 0 Å². The van der Waals surface area contributed by atoms with Crippen LogP contribution in [0.4, 0.5) is 0 Å². The van der Waals surface area contributed by atoms with E-state index in [-0.39, 0.29) is 5.56 Å². The first-order valence-electron chi connectivity index (χ1n) is 10.9. The summed E-state index contributed by atoms with van der Waals surface area (Å²) in [5, 5.41) is 0.904. The summed E-state index contributed by atoms with van der Waals surface area (Å²) in [5.74, 6) is 0.974. The van der Waals surface area contributed by atoms with Crippen LogP contribution in [0.1, 0.15) is 16.7 Å². The summed E-state index contributed by atoms with van der Waals surface area (Å²) in [5.41, 5.74) is 3.62. The van der Waals surface area contributed by atoms with Crippen LogP contribution < -0.4 is 20.7 Å². The molecule has 0 atom stereocenters. The molecule has 0 unspecified atom stereocenters. The molecule has 0 saturated carbocycles. The van der Waals surface area contributed by atoms with Gasteiger partial charge in [0.1, 0.15) is 4.70 Å². The quantitative estimate of drug-likeness (QED) is 0.359. The number of methoxy groups -OCH3 is 2. The van der Waals surface area contributed by atoms with E-state index in [0.717, 1.165) is 26.8 Å². The predicted octanol–water partition coefficient (Wildman–Crippen LogP) is 5.05. The fourth-order valence-corrected chi connectivity index (χ4v) is 5.47. The van der Waals surface area contributed by atoms with Crippen molar-refractivity contribution in [2.24, 2.45) is 0 Å². The summed E-state index contributed by atoms with van der Waals surface area (Å²) in [6.45, 7) is 4.43. The normalized spacial score (nSPS) is 11.3. The van der Waals surface area contributed by atoms with Crippen molar-refractivity contribution in [2.45, 2.75) is 20.4 Å². The molecule has 6 nitrogen and oxygen atoms in total. The van der Waals surface area contributed by atoms with Gasteiger partial charge in [-0.15, -0.1) is 11.3 Å². The fourth-order valence-electron chi connectivity index (χ4n) is 4.33. The van der Waals surface area contributed by atoms with Gasteiger partial charge in [0.05, 0.1) is 32.0 Å². The first-order chi connectivity index (χ1) is 16.4. The lowest BCUT2D eigenvalue weighted by Gasteiger charge is -2.15. The minimum atomic E-state index is -0.394. The smallest absolute Gasteiger partial charge is 0.336 e. The summed E-state index contributed by atoms with van der Waals surface area (Å²) in [6.07, 6.45) is 0. The number of ether oxygens (including phenoxy) is 2. The van der Waals surface area contributed by atoms with Crippen LogP contribution in [-0.2, 0) is 6.54 Å². The third kappa shape index (κ3) is 3.49. The SMILES string of the molecule is COc1ccc(-n2c(=O)c3sc4ccccc4c3n(Cc3cc(C)ccc3C)c2=O)cc1OC. The van der Waals surface area contributed by atoms with Crippen molar-refractivity contribution in [3.8, 4) is 17.2 Å². The molecular weight excluding hydrogens is 448 g/mol. The summed E-state index contributed by atoms with van der Waals surface area (Å²) in [6, 6.07) is 19.1. The average Bonchev–Trinajstić information content (AvgIpc) is 3.23. The Hall–Kier alpha value is -3.84. The maximum atomic E-state index is 14.0. The second-order valence-corrected chi connectivity index (χ2v) is 9.31. The number of fused-ring (bicyclic) bond motifs is 3. The Bertz CT molecular complexity index is 1680. The van der Waals surface area contributed by atoms with Gasteiger partial charge in [0.2, 0.25) is 0 Å². The molecule has 5 aromatic rings. The highest BCUT2D eigenvalue weighted by atomic mass is 32.1. The molecule has 0 radical (unpaired) electrons. The van der Waals surface area contributed by atoms with Crippen molar-refractivity contribution in [3.05, 3.63) is 98.2 Å². The van der Waals surface area contributed by atoms with Gasteiger partial charge in [-0.1, -0.05) is 42.0 Å². The minimum absolute atomic E-state index is 0.342. The average molecular weight is 473 g/mol. The molecule has 34 heavy (non-hydrogen) atoms. The van der Waals surface area contributed by atoms with E-state index in [2.05, 4.69) is 18.2 Å². The third-order valence-electron chi connectivity index (χ3n) is 6.12. The van der Waals surface area contributed by atoms with Crippen LogP contribution in [-0.4, -0.2) is 23.4 Å². The monoisotopic (exact) mass is 472 g/mol. The number of hydrogen-bond acceptors (Lipinski definition) is 5. The Balaban J connectivity index is 1.87. The molecule has 0 bridgehead atoms. The van der Waals surface area contributed by atoms with Gasteiger partial charge in [-0.3, -0.25) is 9.36 Å². The van der Waals surface area contributed by atoms with Gasteiger partial charge in [-0.25, -0.2) is 9.36 Å². The highest BCUT2D eigenvalue weighted by Gasteiger charge is 2.20. The summed E-state index contributed by atoms with van der Waals surface area (Å²) < 4.78 is 15.2. The number of rotatable bonds is 5. The molecule has 0 aliphatic rings. The Morgan fingerprint density at radius 3 is 2.41 bits per heavy atom. The van der Waals surface area contributed by atoms with Crippen molar-refractivity contribution < 1.29 is 9.47 Å². The standard InChI is InChI=1S/C27H24N2O4S/c1-16-9-10-17(2)18(13-16)15-28-24-20-7-5-6-8-23(20)34-25(24)26(30)29(27(28)31)19-11-12-21(32-3)22(14-19)33-4/h5-14H,15H2,1-4H3. The van der Waals surface area contributed by atoms with Crippen molar-refractivity contribution >= 4 is 31.6 Å². The van der Waals surface area contributed by atoms with Crippen LogP contribution >= 0.6 is 11.3 Å². The van der Waals surface area contributed by atoms with E-state index in [1.54, 1.807) is 29.9 Å².